The van der Waals surface area contributed by atoms with Gasteiger partial charge in [-0.2, -0.15) is 0 Å². The smallest absolute Gasteiger partial charge is 0.287 e. The van der Waals surface area contributed by atoms with Crippen LogP contribution in [0.2, 0.25) is 0 Å². The Bertz CT molecular complexity index is 886. The van der Waals surface area contributed by atoms with Crippen LogP contribution in [-0.4, -0.2) is 23.3 Å². The molecule has 4 bridgehead atoms. The molecule has 28 heavy (non-hydrogen) atoms. The fourth-order valence-corrected chi connectivity index (χ4v) is 7.00. The Balaban J connectivity index is 1.20. The highest BCUT2D eigenvalue weighted by Gasteiger charge is 2.52. The molecule has 0 atom stereocenters. The van der Waals surface area contributed by atoms with Gasteiger partial charge in [-0.05, 0) is 84.3 Å². The fourth-order valence-electron chi connectivity index (χ4n) is 5.85. The lowest BCUT2D eigenvalue weighted by Crippen LogP contribution is -2.48. The molecule has 0 radical (unpaired) electrons. The van der Waals surface area contributed by atoms with Crippen LogP contribution in [0.25, 0.3) is 0 Å². The van der Waals surface area contributed by atoms with Crippen molar-refractivity contribution in [1.29, 1.82) is 0 Å². The molecule has 0 aliphatic heterocycles. The number of carbonyl (C=O) groups is 2. The lowest BCUT2D eigenvalue weighted by Gasteiger charge is -2.56. The van der Waals surface area contributed by atoms with Gasteiger partial charge in [-0.15, -0.1) is 11.3 Å². The second kappa shape index (κ2) is 6.99. The van der Waals surface area contributed by atoms with Crippen LogP contribution in [0.3, 0.4) is 0 Å². The minimum atomic E-state index is -0.422. The van der Waals surface area contributed by atoms with Gasteiger partial charge in [0, 0.05) is 10.8 Å². The van der Waals surface area contributed by atoms with E-state index in [1.54, 1.807) is 12.1 Å². The van der Waals surface area contributed by atoms with Gasteiger partial charge in [-0.3, -0.25) is 9.59 Å². The second-order valence-electron chi connectivity index (χ2n) is 8.57. The quantitative estimate of drug-likeness (QED) is 0.690. The monoisotopic (exact) mass is 463 g/mol. The second-order valence-corrected chi connectivity index (χ2v) is 10.2. The number of amides is 2. The van der Waals surface area contributed by atoms with E-state index in [1.165, 1.54) is 49.9 Å². The van der Waals surface area contributed by atoms with Crippen molar-refractivity contribution in [3.05, 3.63) is 33.6 Å². The molecule has 2 amide bonds. The number of furan rings is 1. The third-order valence-electron chi connectivity index (χ3n) is 6.54. The molecule has 4 aliphatic rings. The summed E-state index contributed by atoms with van der Waals surface area (Å²) in [7, 11) is 0. The molecule has 2 heterocycles. The molecule has 6 rings (SSSR count). The summed E-state index contributed by atoms with van der Waals surface area (Å²) in [6.45, 7) is -0.122. The normalized spacial score (nSPS) is 30.4. The zero-order valence-corrected chi connectivity index (χ0v) is 17.8. The number of aromatic nitrogens is 1. The minimum absolute atomic E-state index is 0.122. The summed E-state index contributed by atoms with van der Waals surface area (Å²) < 4.78 is 5.65. The molecular weight excluding hydrogens is 442 g/mol. The van der Waals surface area contributed by atoms with E-state index in [2.05, 4.69) is 31.9 Å². The molecule has 4 saturated carbocycles. The summed E-state index contributed by atoms with van der Waals surface area (Å²) in [6.07, 6.45) is 7.97. The highest BCUT2D eigenvalue weighted by molar-refractivity contribution is 9.10. The van der Waals surface area contributed by atoms with Gasteiger partial charge in [0.05, 0.1) is 12.2 Å². The summed E-state index contributed by atoms with van der Waals surface area (Å²) in [5.41, 5.74) is 1.39. The molecule has 2 aromatic rings. The first-order chi connectivity index (χ1) is 13.5. The molecule has 4 fully saturated rings. The van der Waals surface area contributed by atoms with E-state index in [0.29, 0.717) is 9.80 Å². The van der Waals surface area contributed by atoms with Crippen LogP contribution in [0.4, 0.5) is 5.13 Å². The van der Waals surface area contributed by atoms with E-state index in [-0.39, 0.29) is 23.6 Å². The maximum atomic E-state index is 12.2. The van der Waals surface area contributed by atoms with Crippen molar-refractivity contribution in [1.82, 2.24) is 10.3 Å². The number of nitrogens with zero attached hydrogens (tertiary/aromatic N) is 1. The number of anilines is 1. The lowest BCUT2D eigenvalue weighted by atomic mass is 9.49. The molecule has 8 heteroatoms. The van der Waals surface area contributed by atoms with Crippen molar-refractivity contribution in [2.75, 3.05) is 11.9 Å². The summed E-state index contributed by atoms with van der Waals surface area (Å²) in [5, 5.41) is 8.12. The maximum Gasteiger partial charge on any atom is 0.287 e. The lowest BCUT2D eigenvalue weighted by molar-refractivity contribution is -0.115. The van der Waals surface area contributed by atoms with Gasteiger partial charge in [0.25, 0.3) is 5.91 Å². The van der Waals surface area contributed by atoms with Gasteiger partial charge in [0.2, 0.25) is 5.91 Å². The maximum absolute atomic E-state index is 12.2. The highest BCUT2D eigenvalue weighted by Crippen LogP contribution is 2.60. The van der Waals surface area contributed by atoms with Gasteiger partial charge in [0.1, 0.15) is 0 Å². The number of hydrogen-bond donors (Lipinski definition) is 2. The van der Waals surface area contributed by atoms with Crippen LogP contribution in [-0.2, 0) is 10.2 Å². The van der Waals surface area contributed by atoms with E-state index in [1.807, 2.05) is 0 Å². The fraction of sp³-hybridized carbons (Fsp3) is 0.550. The van der Waals surface area contributed by atoms with Crippen molar-refractivity contribution in [2.45, 2.75) is 43.9 Å². The average Bonchev–Trinajstić information content (AvgIpc) is 3.28. The number of halogens is 1. The van der Waals surface area contributed by atoms with Gasteiger partial charge >= 0.3 is 0 Å². The molecule has 148 valence electrons. The Morgan fingerprint density at radius 1 is 1.18 bits per heavy atom. The Labute approximate surface area is 175 Å². The first kappa shape index (κ1) is 18.4. The van der Waals surface area contributed by atoms with E-state index >= 15 is 0 Å². The van der Waals surface area contributed by atoms with Gasteiger partial charge in [-0.25, -0.2) is 4.98 Å². The molecule has 2 aromatic heterocycles. The molecule has 0 aromatic carbocycles. The van der Waals surface area contributed by atoms with E-state index in [9.17, 15) is 9.59 Å². The molecule has 2 N–H and O–H groups in total. The van der Waals surface area contributed by atoms with Crippen molar-refractivity contribution in [3.8, 4) is 0 Å². The number of carbonyl (C=O) groups excluding carboxylic acids is 2. The summed E-state index contributed by atoms with van der Waals surface area (Å²) in [6, 6.07) is 3.19. The summed E-state index contributed by atoms with van der Waals surface area (Å²) >= 11 is 4.63. The van der Waals surface area contributed by atoms with E-state index < -0.39 is 5.91 Å². The SMILES string of the molecule is O=C(CNC(=O)c1ccc(Br)o1)Nc1nc(C23CC4CC(CC(C4)C2)C3)cs1. The Morgan fingerprint density at radius 2 is 1.86 bits per heavy atom. The van der Waals surface area contributed by atoms with Crippen LogP contribution in [0.5, 0.6) is 0 Å². The minimum Gasteiger partial charge on any atom is -0.444 e. The highest BCUT2D eigenvalue weighted by atomic mass is 79.9. The molecular formula is C20H22BrN3O3S. The first-order valence-corrected chi connectivity index (χ1v) is 11.5. The molecule has 0 saturated heterocycles. The number of nitrogens with one attached hydrogen (secondary N) is 2. The molecule has 6 nitrogen and oxygen atoms in total. The third kappa shape index (κ3) is 3.41. The number of hydrogen-bond acceptors (Lipinski definition) is 5. The average molecular weight is 464 g/mol. The molecule has 0 spiro atoms. The summed E-state index contributed by atoms with van der Waals surface area (Å²) in [4.78, 5) is 28.9. The number of thiazole rings is 1. The van der Waals surface area contributed by atoms with Crippen molar-refractivity contribution in [3.63, 3.8) is 0 Å². The van der Waals surface area contributed by atoms with Crippen LogP contribution >= 0.6 is 27.3 Å². The van der Waals surface area contributed by atoms with Crippen LogP contribution in [0.15, 0.2) is 26.6 Å². The first-order valence-electron chi connectivity index (χ1n) is 9.78. The van der Waals surface area contributed by atoms with Gasteiger partial charge in [0.15, 0.2) is 15.6 Å². The topological polar surface area (TPSA) is 84.2 Å². The largest absolute Gasteiger partial charge is 0.444 e. The Hall–Kier alpha value is -1.67. The van der Waals surface area contributed by atoms with Crippen LogP contribution < -0.4 is 10.6 Å². The van der Waals surface area contributed by atoms with Crippen molar-refractivity contribution >= 4 is 44.2 Å². The summed E-state index contributed by atoms with van der Waals surface area (Å²) in [5.74, 6) is 2.05. The van der Waals surface area contributed by atoms with Gasteiger partial charge < -0.3 is 15.1 Å². The predicted molar refractivity (Wildman–Crippen MR) is 109 cm³/mol. The standard InChI is InChI=1S/C20H22BrN3O3S/c21-16-2-1-14(27-16)18(26)22-9-17(25)24-19-23-15(10-28-19)20-6-11-3-12(7-20)5-13(4-11)8-20/h1-2,10-13H,3-9H2,(H,22,26)(H,23,24,25). The van der Waals surface area contributed by atoms with E-state index in [4.69, 9.17) is 9.40 Å². The zero-order valence-electron chi connectivity index (χ0n) is 15.4. The Kier molecular flexibility index (Phi) is 4.58. The third-order valence-corrected chi connectivity index (χ3v) is 7.72. The van der Waals surface area contributed by atoms with Crippen LogP contribution in [0, 0.1) is 17.8 Å². The van der Waals surface area contributed by atoms with E-state index in [0.717, 1.165) is 23.4 Å². The molecule has 0 unspecified atom stereocenters. The number of rotatable bonds is 5. The van der Waals surface area contributed by atoms with Crippen molar-refractivity contribution in [2.24, 2.45) is 17.8 Å². The predicted octanol–water partition coefficient (Wildman–Crippen LogP) is 4.33. The van der Waals surface area contributed by atoms with Crippen LogP contribution in [0.1, 0.15) is 54.8 Å². The zero-order chi connectivity index (χ0) is 19.3. The van der Waals surface area contributed by atoms with Gasteiger partial charge in [-0.1, -0.05) is 0 Å². The molecule has 4 aliphatic carbocycles. The van der Waals surface area contributed by atoms with Crippen molar-refractivity contribution < 1.29 is 14.0 Å². The Morgan fingerprint density at radius 3 is 2.46 bits per heavy atom.